The van der Waals surface area contributed by atoms with Crippen LogP contribution in [0.3, 0.4) is 0 Å². The molecular weight excluding hydrogens is 557 g/mol. The Bertz CT molecular complexity index is 1600. The number of hydrogen-bond donors (Lipinski definition) is 0. The number of likely N-dealkylation sites (N-methyl/N-ethyl adjacent to an activating group) is 2. The second-order valence-electron chi connectivity index (χ2n) is 9.40. The van der Waals surface area contributed by atoms with Crippen molar-refractivity contribution in [3.63, 3.8) is 0 Å². The largest absolute Gasteiger partial charge is 0.456 e. The molecule has 0 N–H and O–H groups in total. The van der Waals surface area contributed by atoms with Gasteiger partial charge in [0, 0.05) is 43.4 Å². The molecule has 2 aromatic carbocycles. The molecule has 0 spiro atoms. The molecule has 0 bridgehead atoms. The number of carbonyl (C=O) groups excluding carboxylic acids is 2. The number of rotatable bonds is 6. The molecular formula is C32H26N2O3S3. The summed E-state index contributed by atoms with van der Waals surface area (Å²) in [6.45, 7) is 4.64. The quantitative estimate of drug-likeness (QED) is 0.174. The van der Waals surface area contributed by atoms with Gasteiger partial charge in [-0.15, -0.1) is 22.7 Å². The molecule has 4 heterocycles. The summed E-state index contributed by atoms with van der Waals surface area (Å²) in [6, 6.07) is 24.3. The number of thiophene rings is 2. The van der Waals surface area contributed by atoms with Crippen LogP contribution in [0.5, 0.6) is 0 Å². The summed E-state index contributed by atoms with van der Waals surface area (Å²) in [5, 5.41) is 0.297. The molecule has 2 aliphatic heterocycles. The van der Waals surface area contributed by atoms with Crippen molar-refractivity contribution < 1.29 is 14.3 Å². The van der Waals surface area contributed by atoms with Crippen LogP contribution in [0.25, 0.3) is 27.0 Å². The fourth-order valence-electron chi connectivity index (χ4n) is 4.92. The third-order valence-corrected chi connectivity index (χ3v) is 9.64. The second-order valence-corrected chi connectivity index (χ2v) is 12.0. The van der Waals surface area contributed by atoms with Crippen LogP contribution in [0.4, 0.5) is 0 Å². The lowest BCUT2D eigenvalue weighted by Gasteiger charge is -2.38. The number of thiocarbonyl (C=S) groups is 1. The van der Waals surface area contributed by atoms with Crippen LogP contribution >= 0.6 is 34.9 Å². The van der Waals surface area contributed by atoms with E-state index in [1.54, 1.807) is 11.3 Å². The van der Waals surface area contributed by atoms with Gasteiger partial charge in [0.05, 0.1) is 0 Å². The highest BCUT2D eigenvalue weighted by Gasteiger charge is 2.44. The van der Waals surface area contributed by atoms with Gasteiger partial charge in [0.15, 0.2) is 11.0 Å². The lowest BCUT2D eigenvalue weighted by Crippen LogP contribution is -2.58. The standard InChI is InChI=1S/C32H26N2O3S3/c1-3-33-30(35)29(31(36)34(4-2)32(33)38)28-19-27-26(40-28)18-23(39-27)15-20-16-24(21-11-7-5-8-12-21)37-25(17-20)22-13-9-6-10-14-22/h5-19,29H,3-4H2,1-2H3. The highest BCUT2D eigenvalue weighted by molar-refractivity contribution is 7.80. The van der Waals surface area contributed by atoms with E-state index in [0.29, 0.717) is 18.2 Å². The van der Waals surface area contributed by atoms with Gasteiger partial charge in [-0.25, -0.2) is 0 Å². The minimum atomic E-state index is -0.846. The van der Waals surface area contributed by atoms with Gasteiger partial charge in [-0.05, 0) is 62.0 Å². The Balaban J connectivity index is 1.35. The van der Waals surface area contributed by atoms with Crippen LogP contribution in [-0.2, 0) is 14.3 Å². The maximum atomic E-state index is 13.2. The van der Waals surface area contributed by atoms with Gasteiger partial charge in [0.2, 0.25) is 11.8 Å². The van der Waals surface area contributed by atoms with E-state index in [1.807, 2.05) is 80.6 Å². The predicted molar refractivity (Wildman–Crippen MR) is 168 cm³/mol. The SMILES string of the molecule is CCN1C(=O)C(c2cc3sc(C=C4C=C(c5ccccc5)OC(c5ccccc5)=C4)cc3s2)C(=O)N(CC)C1=S. The minimum Gasteiger partial charge on any atom is -0.456 e. The molecule has 1 fully saturated rings. The molecule has 2 aromatic heterocycles. The Morgan fingerprint density at radius 2 is 1.32 bits per heavy atom. The lowest BCUT2D eigenvalue weighted by atomic mass is 10.0. The van der Waals surface area contributed by atoms with Crippen LogP contribution in [0.2, 0.25) is 0 Å². The van der Waals surface area contributed by atoms with Crippen molar-refractivity contribution in [2.45, 2.75) is 19.8 Å². The normalized spacial score (nSPS) is 16.4. The van der Waals surface area contributed by atoms with Crippen molar-refractivity contribution in [1.29, 1.82) is 0 Å². The van der Waals surface area contributed by atoms with Crippen LogP contribution < -0.4 is 0 Å². The number of amides is 2. The zero-order valence-electron chi connectivity index (χ0n) is 22.0. The zero-order chi connectivity index (χ0) is 27.8. The number of allylic oxidation sites excluding steroid dienone is 3. The van der Waals surface area contributed by atoms with E-state index in [0.717, 1.165) is 47.4 Å². The van der Waals surface area contributed by atoms with E-state index in [-0.39, 0.29) is 11.8 Å². The van der Waals surface area contributed by atoms with Gasteiger partial charge in [0.1, 0.15) is 11.5 Å². The van der Waals surface area contributed by atoms with E-state index in [1.165, 1.54) is 21.1 Å². The van der Waals surface area contributed by atoms with Crippen LogP contribution in [0, 0.1) is 0 Å². The Hall–Kier alpha value is -3.85. The molecule has 6 rings (SSSR count). The summed E-state index contributed by atoms with van der Waals surface area (Å²) in [5.74, 6) is 0.265. The monoisotopic (exact) mass is 582 g/mol. The van der Waals surface area contributed by atoms with E-state index < -0.39 is 5.92 Å². The number of nitrogens with zero attached hydrogens (tertiary/aromatic N) is 2. The van der Waals surface area contributed by atoms with E-state index in [2.05, 4.69) is 24.3 Å². The first-order chi connectivity index (χ1) is 19.5. The van der Waals surface area contributed by atoms with Gasteiger partial charge in [-0.2, -0.15) is 0 Å². The fourth-order valence-corrected chi connectivity index (χ4v) is 7.83. The molecule has 0 aliphatic carbocycles. The van der Waals surface area contributed by atoms with E-state index in [4.69, 9.17) is 17.0 Å². The Kier molecular flexibility index (Phi) is 7.23. The molecule has 0 atom stereocenters. The molecule has 1 saturated heterocycles. The Morgan fingerprint density at radius 3 is 1.82 bits per heavy atom. The van der Waals surface area contributed by atoms with Gasteiger partial charge in [-0.1, -0.05) is 60.7 Å². The lowest BCUT2D eigenvalue weighted by molar-refractivity contribution is -0.142. The maximum absolute atomic E-state index is 13.2. The van der Waals surface area contributed by atoms with Crippen LogP contribution in [0.1, 0.15) is 40.6 Å². The average Bonchev–Trinajstić information content (AvgIpc) is 3.53. The number of hydrogen-bond acceptors (Lipinski definition) is 6. The van der Waals surface area contributed by atoms with Crippen molar-refractivity contribution in [1.82, 2.24) is 9.80 Å². The first-order valence-electron chi connectivity index (χ1n) is 13.1. The van der Waals surface area contributed by atoms with E-state index >= 15 is 0 Å². The van der Waals surface area contributed by atoms with Crippen molar-refractivity contribution in [2.24, 2.45) is 0 Å². The number of benzene rings is 2. The molecule has 200 valence electrons. The third kappa shape index (κ3) is 4.83. The zero-order valence-corrected chi connectivity index (χ0v) is 24.4. The summed E-state index contributed by atoms with van der Waals surface area (Å²) < 4.78 is 8.43. The summed E-state index contributed by atoms with van der Waals surface area (Å²) in [7, 11) is 0. The van der Waals surface area contributed by atoms with Crippen LogP contribution in [-0.4, -0.2) is 39.8 Å². The van der Waals surface area contributed by atoms with E-state index in [9.17, 15) is 9.59 Å². The molecule has 40 heavy (non-hydrogen) atoms. The Labute approximate surface area is 246 Å². The highest BCUT2D eigenvalue weighted by Crippen LogP contribution is 2.40. The third-order valence-electron chi connectivity index (χ3n) is 6.89. The number of ether oxygens (including phenoxy) is 1. The topological polar surface area (TPSA) is 49.9 Å². The fraction of sp³-hybridized carbons (Fsp3) is 0.156. The summed E-state index contributed by atoms with van der Waals surface area (Å²) >= 11 is 8.56. The maximum Gasteiger partial charge on any atom is 0.246 e. The molecule has 0 unspecified atom stereocenters. The van der Waals surface area contributed by atoms with Gasteiger partial charge >= 0.3 is 0 Å². The molecule has 0 saturated carbocycles. The molecule has 0 radical (unpaired) electrons. The van der Waals surface area contributed by atoms with Crippen molar-refractivity contribution in [3.8, 4) is 0 Å². The molecule has 8 heteroatoms. The molecule has 4 aromatic rings. The summed E-state index contributed by atoms with van der Waals surface area (Å²) in [4.78, 5) is 31.4. The summed E-state index contributed by atoms with van der Waals surface area (Å²) in [6.07, 6.45) is 6.27. The van der Waals surface area contributed by atoms with Gasteiger partial charge < -0.3 is 4.74 Å². The van der Waals surface area contributed by atoms with Crippen molar-refractivity contribution in [2.75, 3.05) is 13.1 Å². The smallest absolute Gasteiger partial charge is 0.246 e. The first kappa shape index (κ1) is 26.4. The average molecular weight is 583 g/mol. The van der Waals surface area contributed by atoms with Crippen LogP contribution in [0.15, 0.2) is 90.5 Å². The van der Waals surface area contributed by atoms with Gasteiger partial charge in [-0.3, -0.25) is 19.4 Å². The second kappa shape index (κ2) is 11.0. The molecule has 5 nitrogen and oxygen atoms in total. The Morgan fingerprint density at radius 1 is 0.800 bits per heavy atom. The minimum absolute atomic E-state index is 0.238. The molecule has 2 aliphatic rings. The highest BCUT2D eigenvalue weighted by atomic mass is 32.1. The predicted octanol–water partition coefficient (Wildman–Crippen LogP) is 7.54. The first-order valence-corrected chi connectivity index (χ1v) is 15.1. The van der Waals surface area contributed by atoms with Crippen molar-refractivity contribution in [3.05, 3.63) is 111 Å². The number of fused-ring (bicyclic) bond motifs is 1. The molecule has 2 amide bonds. The van der Waals surface area contributed by atoms with Crippen molar-refractivity contribution >= 4 is 78.8 Å². The summed E-state index contributed by atoms with van der Waals surface area (Å²) in [5.41, 5.74) is 3.05. The van der Waals surface area contributed by atoms with Gasteiger partial charge in [0.25, 0.3) is 0 Å². The number of carbonyl (C=O) groups is 2.